The molecule has 2 heterocycles. The minimum Gasteiger partial charge on any atom is -0.476 e. The Morgan fingerprint density at radius 3 is 2.89 bits per heavy atom. The number of nitrogens with zero attached hydrogens (tertiary/aromatic N) is 2. The fourth-order valence-corrected chi connectivity index (χ4v) is 1.72. The Kier molecular flexibility index (Phi) is 3.53. The van der Waals surface area contributed by atoms with E-state index >= 15 is 0 Å². The van der Waals surface area contributed by atoms with Crippen LogP contribution >= 0.6 is 11.6 Å². The zero-order valence-electron chi connectivity index (χ0n) is 9.63. The zero-order valence-corrected chi connectivity index (χ0v) is 10.4. The number of carboxylic acid groups (broad SMARTS) is 1. The number of hydrogen-bond donors (Lipinski definition) is 1. The predicted octanol–water partition coefficient (Wildman–Crippen LogP) is 2.66. The van der Waals surface area contributed by atoms with Crippen LogP contribution in [0.3, 0.4) is 0 Å². The third kappa shape index (κ3) is 2.62. The van der Waals surface area contributed by atoms with Gasteiger partial charge in [-0.2, -0.15) is 0 Å². The molecule has 6 heteroatoms. The van der Waals surface area contributed by atoms with Crippen molar-refractivity contribution >= 4 is 23.4 Å². The molecule has 0 saturated heterocycles. The first-order valence-corrected chi connectivity index (χ1v) is 5.58. The van der Waals surface area contributed by atoms with Crippen molar-refractivity contribution in [1.29, 1.82) is 0 Å². The number of pyridine rings is 1. The third-order valence-electron chi connectivity index (χ3n) is 2.42. The van der Waals surface area contributed by atoms with Crippen LogP contribution in [-0.2, 0) is 6.54 Å². The van der Waals surface area contributed by atoms with Crippen molar-refractivity contribution in [3.8, 4) is 0 Å². The van der Waals surface area contributed by atoms with E-state index in [9.17, 15) is 4.79 Å². The Bertz CT molecular complexity index is 554. The van der Waals surface area contributed by atoms with E-state index in [0.717, 1.165) is 5.56 Å². The molecule has 5 nitrogen and oxygen atoms in total. The van der Waals surface area contributed by atoms with Crippen LogP contribution < -0.4 is 4.90 Å². The molecule has 2 rings (SSSR count). The Balaban J connectivity index is 2.22. The lowest BCUT2D eigenvalue weighted by atomic mass is 10.3. The van der Waals surface area contributed by atoms with Crippen LogP contribution in [-0.4, -0.2) is 23.1 Å². The maximum atomic E-state index is 10.9. The van der Waals surface area contributed by atoms with Gasteiger partial charge in [0.05, 0.1) is 17.5 Å². The van der Waals surface area contributed by atoms with Crippen molar-refractivity contribution in [2.24, 2.45) is 0 Å². The number of aromatic nitrogens is 1. The second-order valence-corrected chi connectivity index (χ2v) is 4.20. The summed E-state index contributed by atoms with van der Waals surface area (Å²) in [6.45, 7) is 0.574. The summed E-state index contributed by atoms with van der Waals surface area (Å²) in [7, 11) is 1.81. The fourth-order valence-electron chi connectivity index (χ4n) is 1.53. The summed E-state index contributed by atoms with van der Waals surface area (Å²) in [5.41, 5.74) is 0.833. The van der Waals surface area contributed by atoms with E-state index in [1.807, 2.05) is 18.0 Å². The minimum atomic E-state index is -1.14. The second-order valence-electron chi connectivity index (χ2n) is 3.79. The molecule has 0 aromatic carbocycles. The van der Waals surface area contributed by atoms with Gasteiger partial charge in [0.1, 0.15) is 5.82 Å². The van der Waals surface area contributed by atoms with E-state index in [1.165, 1.54) is 6.07 Å². The monoisotopic (exact) mass is 266 g/mol. The lowest BCUT2D eigenvalue weighted by molar-refractivity contribution is 0.0691. The third-order valence-corrected chi connectivity index (χ3v) is 2.73. The summed E-state index contributed by atoms with van der Waals surface area (Å²) in [6.07, 6.45) is 3.21. The first-order valence-electron chi connectivity index (χ1n) is 5.20. The molecule has 0 bridgehead atoms. The number of carboxylic acids is 1. The molecule has 0 aliphatic heterocycles. The lowest BCUT2D eigenvalue weighted by Crippen LogP contribution is -2.18. The van der Waals surface area contributed by atoms with Crippen molar-refractivity contribution in [2.75, 3.05) is 11.9 Å². The van der Waals surface area contributed by atoms with Gasteiger partial charge in [-0.25, -0.2) is 9.78 Å². The molecule has 0 spiro atoms. The summed E-state index contributed by atoms with van der Waals surface area (Å²) in [5, 5.41) is 9.08. The van der Waals surface area contributed by atoms with Crippen LogP contribution in [0.15, 0.2) is 35.1 Å². The van der Waals surface area contributed by atoms with Crippen LogP contribution in [0.2, 0.25) is 5.02 Å². The molecule has 18 heavy (non-hydrogen) atoms. The number of halogens is 1. The van der Waals surface area contributed by atoms with Crippen molar-refractivity contribution in [3.05, 3.63) is 47.0 Å². The van der Waals surface area contributed by atoms with Gasteiger partial charge in [0.2, 0.25) is 0 Å². The van der Waals surface area contributed by atoms with Gasteiger partial charge in [-0.1, -0.05) is 11.6 Å². The molecule has 0 amide bonds. The normalized spacial score (nSPS) is 10.3. The first kappa shape index (κ1) is 12.4. The second kappa shape index (κ2) is 5.10. The molecule has 2 aromatic heterocycles. The number of aromatic carboxylic acids is 1. The molecule has 0 radical (unpaired) electrons. The van der Waals surface area contributed by atoms with Crippen molar-refractivity contribution in [1.82, 2.24) is 4.98 Å². The highest BCUT2D eigenvalue weighted by Gasteiger charge is 2.13. The number of furan rings is 1. The van der Waals surface area contributed by atoms with E-state index < -0.39 is 5.97 Å². The smallest absolute Gasteiger partial charge is 0.356 e. The number of carbonyl (C=O) groups is 1. The first-order chi connectivity index (χ1) is 8.58. The van der Waals surface area contributed by atoms with E-state index in [2.05, 4.69) is 4.98 Å². The molecule has 2 aromatic rings. The molecule has 94 valence electrons. The van der Waals surface area contributed by atoms with Gasteiger partial charge >= 0.3 is 5.97 Å². The molecule has 1 N–H and O–H groups in total. The number of rotatable bonds is 4. The standard InChI is InChI=1S/C12H11ClN2O3/c1-15(6-8-4-5-18-7-8)10-3-2-9(13)11(14-10)12(16)17/h2-5,7H,6H2,1H3,(H,16,17). The summed E-state index contributed by atoms with van der Waals surface area (Å²) < 4.78 is 4.97. The average molecular weight is 267 g/mol. The number of anilines is 1. The van der Waals surface area contributed by atoms with Crippen LogP contribution in [0.25, 0.3) is 0 Å². The van der Waals surface area contributed by atoms with Crippen LogP contribution in [0.5, 0.6) is 0 Å². The average Bonchev–Trinajstić information content (AvgIpc) is 2.81. The van der Waals surface area contributed by atoms with Crippen molar-refractivity contribution in [3.63, 3.8) is 0 Å². The Labute approximate surface area is 109 Å². The zero-order chi connectivity index (χ0) is 13.1. The van der Waals surface area contributed by atoms with Gasteiger partial charge in [-0.15, -0.1) is 0 Å². The molecule has 0 unspecified atom stereocenters. The fraction of sp³-hybridized carbons (Fsp3) is 0.167. The van der Waals surface area contributed by atoms with Gasteiger partial charge < -0.3 is 14.4 Å². The molecular weight excluding hydrogens is 256 g/mol. The highest BCUT2D eigenvalue weighted by molar-refractivity contribution is 6.33. The maximum Gasteiger partial charge on any atom is 0.356 e. The molecule has 0 aliphatic rings. The van der Waals surface area contributed by atoms with Crippen molar-refractivity contribution in [2.45, 2.75) is 6.54 Å². The van der Waals surface area contributed by atoms with Crippen LogP contribution in [0.1, 0.15) is 16.1 Å². The van der Waals surface area contributed by atoms with E-state index in [4.69, 9.17) is 21.1 Å². The summed E-state index contributed by atoms with van der Waals surface area (Å²) in [5.74, 6) is -0.600. The maximum absolute atomic E-state index is 10.9. The molecule has 0 fully saturated rings. The Hall–Kier alpha value is -2.01. The van der Waals surface area contributed by atoms with E-state index in [1.54, 1.807) is 18.6 Å². The van der Waals surface area contributed by atoms with Gasteiger partial charge in [-0.3, -0.25) is 0 Å². The largest absolute Gasteiger partial charge is 0.476 e. The van der Waals surface area contributed by atoms with Crippen LogP contribution in [0, 0.1) is 0 Å². The predicted molar refractivity (Wildman–Crippen MR) is 67.0 cm³/mol. The SMILES string of the molecule is CN(Cc1ccoc1)c1ccc(Cl)c(C(=O)O)n1. The van der Waals surface area contributed by atoms with E-state index in [0.29, 0.717) is 12.4 Å². The Morgan fingerprint density at radius 2 is 2.28 bits per heavy atom. The summed E-state index contributed by atoms with van der Waals surface area (Å²) >= 11 is 5.76. The molecule has 0 saturated carbocycles. The topological polar surface area (TPSA) is 66.6 Å². The highest BCUT2D eigenvalue weighted by atomic mass is 35.5. The van der Waals surface area contributed by atoms with Gasteiger partial charge in [-0.05, 0) is 18.2 Å². The van der Waals surface area contributed by atoms with Crippen LogP contribution in [0.4, 0.5) is 5.82 Å². The van der Waals surface area contributed by atoms with Gasteiger partial charge in [0.25, 0.3) is 0 Å². The quantitative estimate of drug-likeness (QED) is 0.921. The summed E-state index contributed by atoms with van der Waals surface area (Å²) in [4.78, 5) is 16.8. The molecule has 0 aliphatic carbocycles. The van der Waals surface area contributed by atoms with E-state index in [-0.39, 0.29) is 10.7 Å². The molecular formula is C12H11ClN2O3. The molecule has 0 atom stereocenters. The van der Waals surface area contributed by atoms with Gasteiger partial charge in [0, 0.05) is 19.2 Å². The number of hydrogen-bond acceptors (Lipinski definition) is 4. The lowest BCUT2D eigenvalue weighted by Gasteiger charge is -2.17. The summed E-state index contributed by atoms with van der Waals surface area (Å²) in [6, 6.07) is 5.04. The highest BCUT2D eigenvalue weighted by Crippen LogP contribution is 2.20. The van der Waals surface area contributed by atoms with Gasteiger partial charge in [0.15, 0.2) is 5.69 Å². The van der Waals surface area contributed by atoms with Crippen molar-refractivity contribution < 1.29 is 14.3 Å². The Morgan fingerprint density at radius 1 is 1.50 bits per heavy atom. The minimum absolute atomic E-state index is 0.128.